The Bertz CT molecular complexity index is 616. The maximum atomic E-state index is 12.4. The van der Waals surface area contributed by atoms with Crippen molar-refractivity contribution in [3.8, 4) is 17.1 Å². The molecule has 0 fully saturated rings. The average Bonchev–Trinajstić information content (AvgIpc) is 2.88. The van der Waals surface area contributed by atoms with Crippen molar-refractivity contribution < 1.29 is 13.5 Å². The number of allylic oxidation sites excluding steroid dienone is 1. The van der Waals surface area contributed by atoms with Gasteiger partial charge in [0.1, 0.15) is 5.75 Å². The second kappa shape index (κ2) is 7.21. The highest BCUT2D eigenvalue weighted by Gasteiger charge is 2.17. The smallest absolute Gasteiger partial charge is 0.248 e. The Morgan fingerprint density at radius 1 is 1.38 bits per heavy atom. The first-order valence-corrected chi connectivity index (χ1v) is 7.24. The first-order valence-electron chi connectivity index (χ1n) is 6.25. The quantitative estimate of drug-likeness (QED) is 0.579. The van der Waals surface area contributed by atoms with Gasteiger partial charge in [0.15, 0.2) is 11.0 Å². The third-order valence-electron chi connectivity index (χ3n) is 2.71. The van der Waals surface area contributed by atoms with Crippen LogP contribution in [0.5, 0.6) is 5.75 Å². The van der Waals surface area contributed by atoms with Gasteiger partial charge in [0.25, 0.3) is 0 Å². The van der Waals surface area contributed by atoms with E-state index in [4.69, 9.17) is 4.74 Å². The maximum absolute atomic E-state index is 12.4. The van der Waals surface area contributed by atoms with Crippen molar-refractivity contribution in [1.29, 1.82) is 0 Å². The Balaban J connectivity index is 2.41. The Morgan fingerprint density at radius 2 is 2.14 bits per heavy atom. The summed E-state index contributed by atoms with van der Waals surface area (Å²) in [4.78, 5) is 0. The Morgan fingerprint density at radius 3 is 2.81 bits per heavy atom. The van der Waals surface area contributed by atoms with Gasteiger partial charge >= 0.3 is 0 Å². The average molecular weight is 311 g/mol. The summed E-state index contributed by atoms with van der Waals surface area (Å²) in [7, 11) is 1.57. The van der Waals surface area contributed by atoms with Gasteiger partial charge in [-0.05, 0) is 12.1 Å². The van der Waals surface area contributed by atoms with E-state index in [1.54, 1.807) is 17.8 Å². The van der Waals surface area contributed by atoms with Crippen LogP contribution in [-0.4, -0.2) is 34.1 Å². The number of hydrogen-bond acceptors (Lipinski definition) is 4. The van der Waals surface area contributed by atoms with Crippen LogP contribution in [0.4, 0.5) is 8.78 Å². The zero-order valence-electron chi connectivity index (χ0n) is 11.5. The van der Waals surface area contributed by atoms with Gasteiger partial charge in [-0.15, -0.1) is 16.8 Å². The van der Waals surface area contributed by atoms with Crippen LogP contribution in [0.3, 0.4) is 0 Å². The second-order valence-corrected chi connectivity index (χ2v) is 5.09. The summed E-state index contributed by atoms with van der Waals surface area (Å²) in [6.45, 7) is 4.12. The number of nitrogens with zero attached hydrogens (tertiary/aromatic N) is 3. The molecule has 0 saturated carbocycles. The molecule has 0 unspecified atom stereocenters. The van der Waals surface area contributed by atoms with Crippen molar-refractivity contribution in [2.45, 2.75) is 18.1 Å². The lowest BCUT2D eigenvalue weighted by molar-refractivity contribution is 0.176. The lowest BCUT2D eigenvalue weighted by atomic mass is 10.2. The molecule has 0 aliphatic rings. The highest BCUT2D eigenvalue weighted by Crippen LogP contribution is 2.31. The molecule has 4 nitrogen and oxygen atoms in total. The Labute approximate surface area is 125 Å². The van der Waals surface area contributed by atoms with E-state index >= 15 is 0 Å². The van der Waals surface area contributed by atoms with Crippen LogP contribution in [0.15, 0.2) is 42.1 Å². The Hall–Kier alpha value is -1.89. The third kappa shape index (κ3) is 3.60. The first kappa shape index (κ1) is 15.5. The summed E-state index contributed by atoms with van der Waals surface area (Å²) in [5, 5.41) is 8.55. The normalized spacial score (nSPS) is 10.9. The number of rotatable bonds is 7. The summed E-state index contributed by atoms with van der Waals surface area (Å²) in [5.41, 5.74) is 0.762. The van der Waals surface area contributed by atoms with Crippen molar-refractivity contribution in [3.05, 3.63) is 36.9 Å². The van der Waals surface area contributed by atoms with E-state index in [9.17, 15) is 8.78 Å². The van der Waals surface area contributed by atoms with Gasteiger partial charge in [-0.1, -0.05) is 30.0 Å². The van der Waals surface area contributed by atoms with E-state index < -0.39 is 6.43 Å². The summed E-state index contributed by atoms with van der Waals surface area (Å²) in [6.07, 6.45) is -0.715. The number of ether oxygens (including phenoxy) is 1. The molecule has 0 aliphatic heterocycles. The monoisotopic (exact) mass is 311 g/mol. The molecule has 0 amide bonds. The largest absolute Gasteiger partial charge is 0.496 e. The van der Waals surface area contributed by atoms with E-state index in [-0.39, 0.29) is 5.75 Å². The molecule has 21 heavy (non-hydrogen) atoms. The number of benzene rings is 1. The van der Waals surface area contributed by atoms with Crippen molar-refractivity contribution >= 4 is 11.8 Å². The van der Waals surface area contributed by atoms with Gasteiger partial charge in [-0.25, -0.2) is 8.78 Å². The molecule has 2 aromatic rings. The van der Waals surface area contributed by atoms with Crippen LogP contribution >= 0.6 is 11.8 Å². The SMILES string of the molecule is C=CCn1c(SCC(F)F)nnc1-c1ccccc1OC. The molecule has 0 atom stereocenters. The molecule has 0 radical (unpaired) electrons. The lowest BCUT2D eigenvalue weighted by Crippen LogP contribution is -2.03. The minimum atomic E-state index is -2.39. The fraction of sp³-hybridized carbons (Fsp3) is 0.286. The molecule has 0 spiro atoms. The second-order valence-electron chi connectivity index (χ2n) is 4.11. The number of halogens is 2. The van der Waals surface area contributed by atoms with Crippen LogP contribution in [0.2, 0.25) is 0 Å². The summed E-state index contributed by atoms with van der Waals surface area (Å²) >= 11 is 0.975. The molecular formula is C14H15F2N3OS. The molecule has 0 N–H and O–H groups in total. The fourth-order valence-corrected chi connectivity index (χ4v) is 2.55. The number of alkyl halides is 2. The number of methoxy groups -OCH3 is 1. The highest BCUT2D eigenvalue weighted by molar-refractivity contribution is 7.99. The van der Waals surface area contributed by atoms with Crippen LogP contribution in [0, 0.1) is 0 Å². The molecule has 7 heteroatoms. The zero-order chi connectivity index (χ0) is 15.2. The van der Waals surface area contributed by atoms with E-state index in [0.717, 1.165) is 17.3 Å². The van der Waals surface area contributed by atoms with Crippen LogP contribution in [-0.2, 0) is 6.54 Å². The van der Waals surface area contributed by atoms with E-state index in [0.29, 0.717) is 23.3 Å². The molecule has 1 aromatic carbocycles. The minimum Gasteiger partial charge on any atom is -0.496 e. The topological polar surface area (TPSA) is 39.9 Å². The van der Waals surface area contributed by atoms with Gasteiger partial charge in [0.05, 0.1) is 18.4 Å². The van der Waals surface area contributed by atoms with Crippen molar-refractivity contribution in [1.82, 2.24) is 14.8 Å². The van der Waals surface area contributed by atoms with Crippen molar-refractivity contribution in [2.24, 2.45) is 0 Å². The van der Waals surface area contributed by atoms with Gasteiger partial charge in [-0.2, -0.15) is 0 Å². The number of aromatic nitrogens is 3. The molecule has 1 heterocycles. The van der Waals surface area contributed by atoms with Crippen LogP contribution in [0.1, 0.15) is 0 Å². The number of thioether (sulfide) groups is 1. The van der Waals surface area contributed by atoms with E-state index in [2.05, 4.69) is 16.8 Å². The van der Waals surface area contributed by atoms with Crippen LogP contribution in [0.25, 0.3) is 11.4 Å². The standard InChI is InChI=1S/C14H15F2N3OS/c1-3-8-19-13(10-6-4-5-7-11(10)20-2)17-18-14(19)21-9-12(15)16/h3-7,12H,1,8-9H2,2H3. The molecule has 1 aromatic heterocycles. The zero-order valence-corrected chi connectivity index (χ0v) is 12.3. The molecule has 0 saturated heterocycles. The van der Waals surface area contributed by atoms with Gasteiger partial charge in [-0.3, -0.25) is 4.57 Å². The molecule has 2 rings (SSSR count). The van der Waals surface area contributed by atoms with Gasteiger partial charge in [0.2, 0.25) is 6.43 Å². The summed E-state index contributed by atoms with van der Waals surface area (Å²) in [5.74, 6) is 0.908. The molecular weight excluding hydrogens is 296 g/mol. The predicted molar refractivity (Wildman–Crippen MR) is 78.9 cm³/mol. The first-order chi connectivity index (χ1) is 10.2. The van der Waals surface area contributed by atoms with Crippen LogP contribution < -0.4 is 4.74 Å². The third-order valence-corrected chi connectivity index (χ3v) is 3.69. The molecule has 0 aliphatic carbocycles. The van der Waals surface area contributed by atoms with Crippen molar-refractivity contribution in [2.75, 3.05) is 12.9 Å². The predicted octanol–water partition coefficient (Wildman–Crippen LogP) is 3.50. The maximum Gasteiger partial charge on any atom is 0.248 e. The summed E-state index contributed by atoms with van der Waals surface area (Å²) in [6, 6.07) is 7.37. The number of para-hydroxylation sites is 1. The molecule has 0 bridgehead atoms. The van der Waals surface area contributed by atoms with Gasteiger partial charge < -0.3 is 4.74 Å². The molecule has 112 valence electrons. The van der Waals surface area contributed by atoms with E-state index in [1.807, 2.05) is 24.3 Å². The van der Waals surface area contributed by atoms with Gasteiger partial charge in [0, 0.05) is 6.54 Å². The number of hydrogen-bond donors (Lipinski definition) is 0. The Kier molecular flexibility index (Phi) is 5.32. The van der Waals surface area contributed by atoms with Crippen molar-refractivity contribution in [3.63, 3.8) is 0 Å². The highest BCUT2D eigenvalue weighted by atomic mass is 32.2. The fourth-order valence-electron chi connectivity index (χ4n) is 1.86. The summed E-state index contributed by atoms with van der Waals surface area (Å²) < 4.78 is 31.8. The lowest BCUT2D eigenvalue weighted by Gasteiger charge is -2.10. The van der Waals surface area contributed by atoms with E-state index in [1.165, 1.54) is 0 Å². The minimum absolute atomic E-state index is 0.318.